The third-order valence-corrected chi connectivity index (χ3v) is 3.67. The molecular weight excluding hydrogens is 248 g/mol. The van der Waals surface area contributed by atoms with Crippen molar-refractivity contribution in [1.29, 1.82) is 0 Å². The van der Waals surface area contributed by atoms with Crippen LogP contribution in [0.3, 0.4) is 0 Å². The molecule has 0 saturated heterocycles. The van der Waals surface area contributed by atoms with Gasteiger partial charge in [-0.25, -0.2) is 0 Å². The van der Waals surface area contributed by atoms with Crippen LogP contribution in [0.1, 0.15) is 51.5 Å². The third kappa shape index (κ3) is 6.20. The van der Waals surface area contributed by atoms with Gasteiger partial charge in [0, 0.05) is 12.1 Å². The summed E-state index contributed by atoms with van der Waals surface area (Å²) in [4.78, 5) is 12.0. The first-order valence-corrected chi connectivity index (χ1v) is 7.78. The number of nitrogens with one attached hydrogen (secondary N) is 1. The summed E-state index contributed by atoms with van der Waals surface area (Å²) in [6.45, 7) is 5.01. The molecule has 1 aromatic rings. The predicted molar refractivity (Wildman–Crippen MR) is 85.8 cm³/mol. The van der Waals surface area contributed by atoms with Crippen molar-refractivity contribution in [2.45, 2.75) is 52.4 Å². The standard InChI is InChI=1S/C17H28N2O/c1-3-6-15(11-12-18)9-10-17(20)19-16-8-5-7-14(4-2)13-16/h5,7-8,13,15H,3-4,6,9-12,18H2,1-2H3,(H,19,20). The molecule has 0 saturated carbocycles. The maximum atomic E-state index is 12.0. The SMILES string of the molecule is CCCC(CCN)CCC(=O)Nc1cccc(CC)c1. The van der Waals surface area contributed by atoms with Crippen molar-refractivity contribution in [3.05, 3.63) is 29.8 Å². The van der Waals surface area contributed by atoms with Crippen molar-refractivity contribution < 1.29 is 4.79 Å². The molecule has 0 aliphatic heterocycles. The number of carbonyl (C=O) groups excluding carboxylic acids is 1. The molecule has 0 aromatic heterocycles. The first-order chi connectivity index (χ1) is 9.69. The normalized spacial score (nSPS) is 12.2. The number of rotatable bonds is 9. The molecule has 20 heavy (non-hydrogen) atoms. The summed E-state index contributed by atoms with van der Waals surface area (Å²) < 4.78 is 0. The molecule has 1 amide bonds. The van der Waals surface area contributed by atoms with Gasteiger partial charge in [-0.05, 0) is 49.4 Å². The van der Waals surface area contributed by atoms with E-state index in [0.29, 0.717) is 18.9 Å². The Labute approximate surface area is 122 Å². The lowest BCUT2D eigenvalue weighted by atomic mass is 9.94. The molecule has 3 heteroatoms. The third-order valence-electron chi connectivity index (χ3n) is 3.67. The van der Waals surface area contributed by atoms with Crippen LogP contribution in [0.25, 0.3) is 0 Å². The fourth-order valence-electron chi connectivity index (χ4n) is 2.50. The van der Waals surface area contributed by atoms with Crippen molar-refractivity contribution in [3.8, 4) is 0 Å². The van der Waals surface area contributed by atoms with Crippen LogP contribution in [0.5, 0.6) is 0 Å². The molecule has 1 unspecified atom stereocenters. The molecule has 1 rings (SSSR count). The Morgan fingerprint density at radius 2 is 2.05 bits per heavy atom. The Balaban J connectivity index is 2.42. The fraction of sp³-hybridized carbons (Fsp3) is 0.588. The smallest absolute Gasteiger partial charge is 0.224 e. The fourth-order valence-corrected chi connectivity index (χ4v) is 2.50. The van der Waals surface area contributed by atoms with Crippen LogP contribution in [0, 0.1) is 5.92 Å². The van der Waals surface area contributed by atoms with Gasteiger partial charge in [0.2, 0.25) is 5.91 Å². The average molecular weight is 276 g/mol. The summed E-state index contributed by atoms with van der Waals surface area (Å²) >= 11 is 0. The second-order valence-corrected chi connectivity index (χ2v) is 5.37. The van der Waals surface area contributed by atoms with E-state index in [9.17, 15) is 4.79 Å². The van der Waals surface area contributed by atoms with Crippen molar-refractivity contribution in [2.75, 3.05) is 11.9 Å². The summed E-state index contributed by atoms with van der Waals surface area (Å²) in [7, 11) is 0. The van der Waals surface area contributed by atoms with Crippen molar-refractivity contribution >= 4 is 11.6 Å². The van der Waals surface area contributed by atoms with E-state index in [4.69, 9.17) is 5.73 Å². The largest absolute Gasteiger partial charge is 0.330 e. The van der Waals surface area contributed by atoms with Crippen molar-refractivity contribution in [2.24, 2.45) is 11.7 Å². The minimum Gasteiger partial charge on any atom is -0.330 e. The first kappa shape index (κ1) is 16.7. The summed E-state index contributed by atoms with van der Waals surface area (Å²) in [6, 6.07) is 8.05. The van der Waals surface area contributed by atoms with Crippen LogP contribution in [0.15, 0.2) is 24.3 Å². The van der Waals surface area contributed by atoms with Gasteiger partial charge in [0.1, 0.15) is 0 Å². The van der Waals surface area contributed by atoms with Crippen LogP contribution in [-0.2, 0) is 11.2 Å². The van der Waals surface area contributed by atoms with Gasteiger partial charge in [0.05, 0.1) is 0 Å². The first-order valence-electron chi connectivity index (χ1n) is 7.78. The molecule has 1 atom stereocenters. The highest BCUT2D eigenvalue weighted by atomic mass is 16.1. The predicted octanol–water partition coefficient (Wildman–Crippen LogP) is 3.73. The van der Waals surface area contributed by atoms with Crippen molar-refractivity contribution in [3.63, 3.8) is 0 Å². The molecule has 112 valence electrons. The van der Waals surface area contributed by atoms with E-state index in [1.807, 2.05) is 18.2 Å². The van der Waals surface area contributed by atoms with Crippen LogP contribution in [-0.4, -0.2) is 12.5 Å². The maximum Gasteiger partial charge on any atom is 0.224 e. The van der Waals surface area contributed by atoms with Gasteiger partial charge in [0.25, 0.3) is 0 Å². The van der Waals surface area contributed by atoms with Gasteiger partial charge in [-0.2, -0.15) is 0 Å². The van der Waals surface area contributed by atoms with Crippen LogP contribution in [0.2, 0.25) is 0 Å². The van der Waals surface area contributed by atoms with Gasteiger partial charge in [-0.1, -0.05) is 38.8 Å². The van der Waals surface area contributed by atoms with E-state index < -0.39 is 0 Å². The number of hydrogen-bond donors (Lipinski definition) is 2. The van der Waals surface area contributed by atoms with Gasteiger partial charge in [0.15, 0.2) is 0 Å². The minimum absolute atomic E-state index is 0.108. The Kier molecular flexibility index (Phi) is 7.97. The van der Waals surface area contributed by atoms with E-state index in [1.165, 1.54) is 5.56 Å². The van der Waals surface area contributed by atoms with Crippen LogP contribution < -0.4 is 11.1 Å². The topological polar surface area (TPSA) is 55.1 Å². The second kappa shape index (κ2) is 9.54. The van der Waals surface area contributed by atoms with Gasteiger partial charge in [-0.15, -0.1) is 0 Å². The highest BCUT2D eigenvalue weighted by molar-refractivity contribution is 5.90. The lowest BCUT2D eigenvalue weighted by Gasteiger charge is -2.14. The number of nitrogens with two attached hydrogens (primary N) is 1. The number of benzene rings is 1. The van der Waals surface area contributed by atoms with E-state index in [2.05, 4.69) is 25.2 Å². The summed E-state index contributed by atoms with van der Waals surface area (Å²) in [5.74, 6) is 0.689. The molecule has 0 spiro atoms. The Bertz CT molecular complexity index is 398. The molecule has 0 radical (unpaired) electrons. The molecule has 0 bridgehead atoms. The zero-order valence-corrected chi connectivity index (χ0v) is 12.8. The number of amides is 1. The summed E-state index contributed by atoms with van der Waals surface area (Å²) in [6.07, 6.45) is 5.84. The molecule has 0 fully saturated rings. The minimum atomic E-state index is 0.108. The van der Waals surface area contributed by atoms with Gasteiger partial charge < -0.3 is 11.1 Å². The number of anilines is 1. The molecule has 0 aliphatic rings. The summed E-state index contributed by atoms with van der Waals surface area (Å²) in [5, 5.41) is 2.99. The molecule has 0 aliphatic carbocycles. The van der Waals surface area contributed by atoms with E-state index in [0.717, 1.165) is 37.8 Å². The van der Waals surface area contributed by atoms with Crippen LogP contribution >= 0.6 is 0 Å². The van der Waals surface area contributed by atoms with Crippen LogP contribution in [0.4, 0.5) is 5.69 Å². The summed E-state index contributed by atoms with van der Waals surface area (Å²) in [5.41, 5.74) is 7.77. The number of hydrogen-bond acceptors (Lipinski definition) is 2. The second-order valence-electron chi connectivity index (χ2n) is 5.37. The highest BCUT2D eigenvalue weighted by Gasteiger charge is 2.10. The quantitative estimate of drug-likeness (QED) is 0.722. The zero-order valence-electron chi connectivity index (χ0n) is 12.8. The van der Waals surface area contributed by atoms with E-state index >= 15 is 0 Å². The highest BCUT2D eigenvalue weighted by Crippen LogP contribution is 2.18. The number of aryl methyl sites for hydroxylation is 1. The molecule has 3 N–H and O–H groups in total. The zero-order chi connectivity index (χ0) is 14.8. The number of carbonyl (C=O) groups is 1. The molecular formula is C17H28N2O. The monoisotopic (exact) mass is 276 g/mol. The molecule has 1 aromatic carbocycles. The Morgan fingerprint density at radius 3 is 2.70 bits per heavy atom. The van der Waals surface area contributed by atoms with E-state index in [-0.39, 0.29) is 5.91 Å². The lowest BCUT2D eigenvalue weighted by molar-refractivity contribution is -0.116. The van der Waals surface area contributed by atoms with Gasteiger partial charge in [-0.3, -0.25) is 4.79 Å². The van der Waals surface area contributed by atoms with Crippen molar-refractivity contribution in [1.82, 2.24) is 0 Å². The average Bonchev–Trinajstić information content (AvgIpc) is 2.45. The van der Waals surface area contributed by atoms with E-state index in [1.54, 1.807) is 0 Å². The Morgan fingerprint density at radius 1 is 1.25 bits per heavy atom. The molecule has 0 heterocycles. The Hall–Kier alpha value is -1.35. The molecule has 3 nitrogen and oxygen atoms in total. The van der Waals surface area contributed by atoms with Gasteiger partial charge >= 0.3 is 0 Å². The lowest BCUT2D eigenvalue weighted by Crippen LogP contribution is -2.15. The maximum absolute atomic E-state index is 12.0.